The molecule has 0 bridgehead atoms. The second kappa shape index (κ2) is 27.3. The van der Waals surface area contributed by atoms with Gasteiger partial charge in [-0.2, -0.15) is 0 Å². The molecule has 1 aliphatic heterocycles. The molecule has 0 aliphatic carbocycles. The van der Waals surface area contributed by atoms with Crippen LogP contribution in [0.4, 0.5) is 0 Å². The van der Waals surface area contributed by atoms with E-state index in [4.69, 9.17) is 4.74 Å². The van der Waals surface area contributed by atoms with Gasteiger partial charge in [0.1, 0.15) is 11.5 Å². The largest absolute Gasteiger partial charge is 0.457 e. The Morgan fingerprint density at radius 3 is 1.70 bits per heavy atom. The first-order chi connectivity index (χ1) is 29.0. The molecular formula is C57H78N2O. The second-order valence-electron chi connectivity index (χ2n) is 18.4. The molecule has 2 heterocycles. The lowest BCUT2D eigenvalue weighted by Crippen LogP contribution is -2.21. The first kappa shape index (κ1) is 48.1. The van der Waals surface area contributed by atoms with Crippen LogP contribution in [0.15, 0.2) is 152 Å². The zero-order valence-corrected chi connectivity index (χ0v) is 38.6. The van der Waals surface area contributed by atoms with Crippen LogP contribution in [-0.4, -0.2) is 22.6 Å². The molecule has 0 amide bonds. The Hall–Kier alpha value is -4.60. The highest BCUT2D eigenvalue weighted by atomic mass is 16.5. The van der Waals surface area contributed by atoms with E-state index < -0.39 is 0 Å². The molecule has 5 aromatic carbocycles. The molecule has 60 heavy (non-hydrogen) atoms. The Bertz CT molecular complexity index is 1940. The summed E-state index contributed by atoms with van der Waals surface area (Å²) in [6.07, 6.45) is 12.6. The number of hydrogen-bond acceptors (Lipinski definition) is 2. The maximum atomic E-state index is 5.74. The van der Waals surface area contributed by atoms with Crippen LogP contribution < -0.4 is 4.74 Å². The van der Waals surface area contributed by atoms with Crippen LogP contribution in [0.1, 0.15) is 111 Å². The van der Waals surface area contributed by atoms with E-state index in [0.29, 0.717) is 5.92 Å². The van der Waals surface area contributed by atoms with Gasteiger partial charge in [-0.25, -0.2) is 0 Å². The molecule has 1 aromatic heterocycles. The highest BCUT2D eigenvalue weighted by molar-refractivity contribution is 5.79. The van der Waals surface area contributed by atoms with Gasteiger partial charge in [-0.1, -0.05) is 177 Å². The predicted octanol–water partition coefficient (Wildman–Crippen LogP) is 16.0. The smallest absolute Gasteiger partial charge is 0.127 e. The van der Waals surface area contributed by atoms with E-state index in [1.165, 1.54) is 85.6 Å². The number of aryl methyl sites for hydroxylation is 2. The molecule has 1 fully saturated rings. The molecule has 3 heteroatoms. The van der Waals surface area contributed by atoms with E-state index in [2.05, 4.69) is 174 Å². The van der Waals surface area contributed by atoms with Crippen LogP contribution in [0.3, 0.4) is 0 Å². The molecule has 0 spiro atoms. The van der Waals surface area contributed by atoms with Crippen LogP contribution in [0.5, 0.6) is 11.5 Å². The molecular weight excluding hydrogens is 729 g/mol. The zero-order valence-electron chi connectivity index (χ0n) is 38.6. The van der Waals surface area contributed by atoms with E-state index >= 15 is 0 Å². The summed E-state index contributed by atoms with van der Waals surface area (Å²) in [4.78, 5) is 2.58. The quantitative estimate of drug-likeness (QED) is 0.0907. The van der Waals surface area contributed by atoms with Crippen LogP contribution in [-0.2, 0) is 25.9 Å². The Kier molecular flexibility index (Phi) is 21.9. The fourth-order valence-corrected chi connectivity index (χ4v) is 7.71. The summed E-state index contributed by atoms with van der Waals surface area (Å²) in [5.41, 5.74) is 5.65. The van der Waals surface area contributed by atoms with Gasteiger partial charge < -0.3 is 9.30 Å². The van der Waals surface area contributed by atoms with Crippen LogP contribution >= 0.6 is 0 Å². The van der Waals surface area contributed by atoms with Crippen molar-refractivity contribution in [2.45, 2.75) is 120 Å². The standard InChI is InChI=1S/C16H18O.C14H19N.C14H21N.C13H20/c1-13(2)12-14-8-10-16(11-9-14)17-15-6-4-3-5-7-15;1-12(2)6-5-10-15-11-9-13-7-3-4-8-14(13)15;1-12(2)14-8-9-15(11-14)10-13-6-4-3-5-7-13;1-12(2)8-6-7-11-13-9-4-3-5-10-13/h3-11,13H,12H2,1-2H3;3-4,7-9,11-12H,5-6,10H2,1-2H3;3-7,12,14H,8-11H2,1-2H3;3-5,9-10,12H,6-8,11H2,1-2H3. The highest BCUT2D eigenvalue weighted by Gasteiger charge is 2.24. The third-order valence-electron chi connectivity index (χ3n) is 11.2. The average molecular weight is 807 g/mol. The maximum absolute atomic E-state index is 5.74. The number of nitrogens with zero attached hydrogens (tertiary/aromatic N) is 2. The summed E-state index contributed by atoms with van der Waals surface area (Å²) in [6, 6.07) is 50.5. The topological polar surface area (TPSA) is 17.4 Å². The molecule has 6 aromatic rings. The Morgan fingerprint density at radius 2 is 1.10 bits per heavy atom. The molecule has 0 radical (unpaired) electrons. The van der Waals surface area contributed by atoms with E-state index in [-0.39, 0.29) is 0 Å². The minimum Gasteiger partial charge on any atom is -0.457 e. The molecule has 1 unspecified atom stereocenters. The molecule has 0 saturated carbocycles. The van der Waals surface area contributed by atoms with Crippen LogP contribution in [0.2, 0.25) is 0 Å². The zero-order chi connectivity index (χ0) is 43.0. The van der Waals surface area contributed by atoms with Gasteiger partial charge in [-0.3, -0.25) is 4.90 Å². The predicted molar refractivity (Wildman–Crippen MR) is 261 cm³/mol. The first-order valence-electron chi connectivity index (χ1n) is 23.2. The van der Waals surface area contributed by atoms with Crippen LogP contribution in [0.25, 0.3) is 10.9 Å². The monoisotopic (exact) mass is 807 g/mol. The van der Waals surface area contributed by atoms with Crippen molar-refractivity contribution in [2.75, 3.05) is 13.1 Å². The van der Waals surface area contributed by atoms with Crippen LogP contribution in [0, 0.1) is 29.6 Å². The van der Waals surface area contributed by atoms with Gasteiger partial charge in [0, 0.05) is 31.3 Å². The number of benzene rings is 5. The van der Waals surface area contributed by atoms with Gasteiger partial charge in [-0.05, 0) is 133 Å². The summed E-state index contributed by atoms with van der Waals surface area (Å²) in [5.74, 6) is 5.88. The van der Waals surface area contributed by atoms with Gasteiger partial charge in [0.15, 0.2) is 0 Å². The Labute approximate surface area is 366 Å². The Morgan fingerprint density at radius 1 is 0.533 bits per heavy atom. The Balaban J connectivity index is 0.000000177. The summed E-state index contributed by atoms with van der Waals surface area (Å²) >= 11 is 0. The molecule has 0 N–H and O–H groups in total. The number of para-hydroxylation sites is 2. The molecule has 322 valence electrons. The number of unbranched alkanes of at least 4 members (excludes halogenated alkanes) is 1. The normalized spacial score (nSPS) is 13.8. The summed E-state index contributed by atoms with van der Waals surface area (Å²) < 4.78 is 8.10. The molecule has 1 aliphatic rings. The van der Waals surface area contributed by atoms with Crippen molar-refractivity contribution < 1.29 is 4.74 Å². The third kappa shape index (κ3) is 19.2. The van der Waals surface area contributed by atoms with Crippen molar-refractivity contribution in [3.8, 4) is 11.5 Å². The van der Waals surface area contributed by atoms with Crippen molar-refractivity contribution >= 4 is 10.9 Å². The van der Waals surface area contributed by atoms with E-state index in [0.717, 1.165) is 54.7 Å². The minimum absolute atomic E-state index is 0.691. The van der Waals surface area contributed by atoms with Crippen molar-refractivity contribution in [1.82, 2.24) is 9.47 Å². The van der Waals surface area contributed by atoms with Crippen molar-refractivity contribution in [2.24, 2.45) is 29.6 Å². The average Bonchev–Trinajstić information content (AvgIpc) is 3.89. The number of ether oxygens (including phenoxy) is 1. The number of hydrogen-bond donors (Lipinski definition) is 0. The summed E-state index contributed by atoms with van der Waals surface area (Å²) in [5, 5.41) is 1.35. The second-order valence-corrected chi connectivity index (χ2v) is 18.4. The lowest BCUT2D eigenvalue weighted by molar-refractivity contribution is 0.297. The highest BCUT2D eigenvalue weighted by Crippen LogP contribution is 2.25. The third-order valence-corrected chi connectivity index (χ3v) is 11.2. The maximum Gasteiger partial charge on any atom is 0.127 e. The minimum atomic E-state index is 0.691. The van der Waals surface area contributed by atoms with Gasteiger partial charge in [0.2, 0.25) is 0 Å². The van der Waals surface area contributed by atoms with Gasteiger partial charge in [0.05, 0.1) is 0 Å². The summed E-state index contributed by atoms with van der Waals surface area (Å²) in [7, 11) is 0. The van der Waals surface area contributed by atoms with Gasteiger partial charge >= 0.3 is 0 Å². The van der Waals surface area contributed by atoms with E-state index in [1.807, 2.05) is 42.5 Å². The van der Waals surface area contributed by atoms with Crippen molar-refractivity contribution in [3.05, 3.63) is 168 Å². The molecule has 1 atom stereocenters. The van der Waals surface area contributed by atoms with Crippen molar-refractivity contribution in [1.29, 1.82) is 0 Å². The number of likely N-dealkylation sites (tertiary alicyclic amines) is 1. The fourth-order valence-electron chi connectivity index (χ4n) is 7.71. The number of fused-ring (bicyclic) bond motifs is 1. The van der Waals surface area contributed by atoms with E-state index in [9.17, 15) is 0 Å². The van der Waals surface area contributed by atoms with Gasteiger partial charge in [0.25, 0.3) is 0 Å². The fraction of sp³-hybridized carbons (Fsp3) is 0.439. The van der Waals surface area contributed by atoms with Gasteiger partial charge in [-0.15, -0.1) is 0 Å². The number of rotatable bonds is 16. The lowest BCUT2D eigenvalue weighted by Gasteiger charge is -2.17. The molecule has 1 saturated heterocycles. The first-order valence-corrected chi connectivity index (χ1v) is 23.2. The van der Waals surface area contributed by atoms with Crippen molar-refractivity contribution in [3.63, 3.8) is 0 Å². The molecule has 7 rings (SSSR count). The molecule has 3 nitrogen and oxygen atoms in total. The number of aromatic nitrogens is 1. The SMILES string of the molecule is CC(C)C1CCN(Cc2ccccc2)C1.CC(C)CCCCc1ccccc1.CC(C)CCCn1ccc2ccccc21.CC(C)Cc1ccc(Oc2ccccc2)cc1. The van der Waals surface area contributed by atoms with E-state index in [1.54, 1.807) is 0 Å². The summed E-state index contributed by atoms with van der Waals surface area (Å²) in [6.45, 7) is 23.1. The lowest BCUT2D eigenvalue weighted by atomic mass is 9.95.